The molecule has 0 spiro atoms. The van der Waals surface area contributed by atoms with E-state index in [0.717, 1.165) is 18.8 Å². The van der Waals surface area contributed by atoms with Crippen LogP contribution in [0.15, 0.2) is 22.8 Å². The van der Waals surface area contributed by atoms with Crippen LogP contribution in [0.3, 0.4) is 0 Å². The Morgan fingerprint density at radius 2 is 2.38 bits per heavy atom. The second-order valence-electron chi connectivity index (χ2n) is 3.70. The first-order valence-corrected chi connectivity index (χ1v) is 4.75. The molecular weight excluding hydrogens is 164 g/mol. The summed E-state index contributed by atoms with van der Waals surface area (Å²) in [6.07, 6.45) is 1.74. The zero-order valence-corrected chi connectivity index (χ0v) is 8.16. The molecule has 1 aliphatic heterocycles. The lowest BCUT2D eigenvalue weighted by molar-refractivity contribution is 0.124. The topological polar surface area (TPSA) is 28.4 Å². The molecule has 1 aromatic rings. The molecule has 2 rings (SSSR count). The third-order valence-corrected chi connectivity index (χ3v) is 2.84. The number of hydrogen-bond donors (Lipinski definition) is 1. The standard InChI is InChI=1S/C10H16N2O/c1-8-6-11-7-9(12(8)2)10-4-3-5-13-10/h3-5,8-9,11H,6-7H2,1-2H3. The first-order valence-electron chi connectivity index (χ1n) is 4.75. The minimum Gasteiger partial charge on any atom is -0.468 e. The van der Waals surface area contributed by atoms with Crippen LogP contribution < -0.4 is 5.32 Å². The molecule has 0 radical (unpaired) electrons. The van der Waals surface area contributed by atoms with Gasteiger partial charge in [-0.1, -0.05) is 0 Å². The van der Waals surface area contributed by atoms with Crippen molar-refractivity contribution in [2.45, 2.75) is 19.0 Å². The molecule has 2 unspecified atom stereocenters. The average molecular weight is 180 g/mol. The Labute approximate surface area is 78.7 Å². The monoisotopic (exact) mass is 180 g/mol. The molecule has 1 N–H and O–H groups in total. The molecule has 13 heavy (non-hydrogen) atoms. The molecule has 0 saturated carbocycles. The summed E-state index contributed by atoms with van der Waals surface area (Å²) in [4.78, 5) is 2.36. The van der Waals surface area contributed by atoms with Crippen molar-refractivity contribution < 1.29 is 4.42 Å². The van der Waals surface area contributed by atoms with Crippen molar-refractivity contribution in [3.8, 4) is 0 Å². The third-order valence-electron chi connectivity index (χ3n) is 2.84. The van der Waals surface area contributed by atoms with Crippen molar-refractivity contribution in [1.82, 2.24) is 10.2 Å². The van der Waals surface area contributed by atoms with Gasteiger partial charge in [0.2, 0.25) is 0 Å². The minimum atomic E-state index is 0.388. The van der Waals surface area contributed by atoms with Gasteiger partial charge in [-0.05, 0) is 26.1 Å². The van der Waals surface area contributed by atoms with Crippen LogP contribution in [0.2, 0.25) is 0 Å². The van der Waals surface area contributed by atoms with Gasteiger partial charge in [0.1, 0.15) is 5.76 Å². The van der Waals surface area contributed by atoms with E-state index in [1.165, 1.54) is 0 Å². The zero-order chi connectivity index (χ0) is 9.26. The first kappa shape index (κ1) is 8.78. The third kappa shape index (κ3) is 1.62. The summed E-state index contributed by atoms with van der Waals surface area (Å²) in [5.74, 6) is 1.06. The predicted octanol–water partition coefficient (Wildman–Crippen LogP) is 1.24. The van der Waals surface area contributed by atoms with Crippen LogP contribution in [-0.4, -0.2) is 31.1 Å². The van der Waals surface area contributed by atoms with Crippen LogP contribution in [0.1, 0.15) is 18.7 Å². The number of piperazine rings is 1. The Hall–Kier alpha value is -0.800. The summed E-state index contributed by atoms with van der Waals surface area (Å²) in [5.41, 5.74) is 0. The smallest absolute Gasteiger partial charge is 0.122 e. The molecular formula is C10H16N2O. The van der Waals surface area contributed by atoms with Crippen LogP contribution in [0.5, 0.6) is 0 Å². The van der Waals surface area contributed by atoms with E-state index in [9.17, 15) is 0 Å². The van der Waals surface area contributed by atoms with Crippen molar-refractivity contribution in [2.24, 2.45) is 0 Å². The number of hydrogen-bond acceptors (Lipinski definition) is 3. The highest BCUT2D eigenvalue weighted by molar-refractivity contribution is 5.07. The van der Waals surface area contributed by atoms with E-state index in [2.05, 4.69) is 24.2 Å². The van der Waals surface area contributed by atoms with Gasteiger partial charge >= 0.3 is 0 Å². The highest BCUT2D eigenvalue weighted by Crippen LogP contribution is 2.23. The van der Waals surface area contributed by atoms with Crippen molar-refractivity contribution in [3.63, 3.8) is 0 Å². The van der Waals surface area contributed by atoms with Gasteiger partial charge in [-0.3, -0.25) is 4.90 Å². The summed E-state index contributed by atoms with van der Waals surface area (Å²) >= 11 is 0. The minimum absolute atomic E-state index is 0.388. The zero-order valence-electron chi connectivity index (χ0n) is 8.16. The fourth-order valence-corrected chi connectivity index (χ4v) is 1.81. The fraction of sp³-hybridized carbons (Fsp3) is 0.600. The van der Waals surface area contributed by atoms with E-state index < -0.39 is 0 Å². The Bertz CT molecular complexity index is 258. The van der Waals surface area contributed by atoms with E-state index in [1.54, 1.807) is 6.26 Å². The highest BCUT2D eigenvalue weighted by atomic mass is 16.3. The summed E-state index contributed by atoms with van der Waals surface area (Å²) in [6.45, 7) is 4.27. The molecule has 0 aliphatic carbocycles. The maximum absolute atomic E-state index is 5.41. The largest absolute Gasteiger partial charge is 0.468 e. The lowest BCUT2D eigenvalue weighted by Gasteiger charge is -2.37. The van der Waals surface area contributed by atoms with Crippen LogP contribution in [-0.2, 0) is 0 Å². The van der Waals surface area contributed by atoms with Crippen molar-refractivity contribution in [1.29, 1.82) is 0 Å². The van der Waals surface area contributed by atoms with Crippen LogP contribution in [0.4, 0.5) is 0 Å². The molecule has 3 heteroatoms. The molecule has 0 bridgehead atoms. The quantitative estimate of drug-likeness (QED) is 0.705. The summed E-state index contributed by atoms with van der Waals surface area (Å²) in [7, 11) is 2.15. The first-order chi connectivity index (χ1) is 6.29. The molecule has 0 amide bonds. The van der Waals surface area contributed by atoms with E-state index in [-0.39, 0.29) is 0 Å². The normalized spacial score (nSPS) is 30.6. The number of furan rings is 1. The van der Waals surface area contributed by atoms with Gasteiger partial charge in [-0.2, -0.15) is 0 Å². The van der Waals surface area contributed by atoms with Gasteiger partial charge < -0.3 is 9.73 Å². The van der Waals surface area contributed by atoms with Gasteiger partial charge in [-0.25, -0.2) is 0 Å². The summed E-state index contributed by atoms with van der Waals surface area (Å²) in [6, 6.07) is 4.95. The van der Waals surface area contributed by atoms with Gasteiger partial charge in [-0.15, -0.1) is 0 Å². The van der Waals surface area contributed by atoms with Crippen molar-refractivity contribution in [2.75, 3.05) is 20.1 Å². The Kier molecular flexibility index (Phi) is 2.38. The molecule has 2 atom stereocenters. The number of rotatable bonds is 1. The number of nitrogens with zero attached hydrogens (tertiary/aromatic N) is 1. The highest BCUT2D eigenvalue weighted by Gasteiger charge is 2.26. The average Bonchev–Trinajstić information content (AvgIpc) is 2.62. The Morgan fingerprint density at radius 1 is 1.54 bits per heavy atom. The van der Waals surface area contributed by atoms with Gasteiger partial charge in [0.05, 0.1) is 12.3 Å². The number of nitrogens with one attached hydrogen (secondary N) is 1. The predicted molar refractivity (Wildman–Crippen MR) is 51.5 cm³/mol. The molecule has 72 valence electrons. The molecule has 3 nitrogen and oxygen atoms in total. The molecule has 0 aromatic carbocycles. The second kappa shape index (κ2) is 3.52. The second-order valence-corrected chi connectivity index (χ2v) is 3.70. The van der Waals surface area contributed by atoms with Gasteiger partial charge in [0.25, 0.3) is 0 Å². The number of likely N-dealkylation sites (N-methyl/N-ethyl adjacent to an activating group) is 1. The molecule has 2 heterocycles. The molecule has 1 aliphatic rings. The summed E-state index contributed by atoms with van der Waals surface area (Å²) < 4.78 is 5.41. The molecule has 1 saturated heterocycles. The maximum atomic E-state index is 5.41. The Morgan fingerprint density at radius 3 is 3.08 bits per heavy atom. The van der Waals surface area contributed by atoms with Crippen LogP contribution in [0.25, 0.3) is 0 Å². The van der Waals surface area contributed by atoms with Gasteiger partial charge in [0, 0.05) is 19.1 Å². The van der Waals surface area contributed by atoms with Crippen LogP contribution >= 0.6 is 0 Å². The van der Waals surface area contributed by atoms with E-state index in [1.807, 2.05) is 12.1 Å². The Balaban J connectivity index is 2.14. The molecule has 1 aromatic heterocycles. The van der Waals surface area contributed by atoms with Crippen molar-refractivity contribution >= 4 is 0 Å². The molecule has 1 fully saturated rings. The lowest BCUT2D eigenvalue weighted by atomic mass is 10.1. The lowest BCUT2D eigenvalue weighted by Crippen LogP contribution is -2.49. The SMILES string of the molecule is CC1CNCC(c2ccco2)N1C. The van der Waals surface area contributed by atoms with E-state index in [0.29, 0.717) is 12.1 Å². The van der Waals surface area contributed by atoms with E-state index in [4.69, 9.17) is 4.42 Å². The summed E-state index contributed by atoms with van der Waals surface area (Å²) in [5, 5.41) is 3.40. The van der Waals surface area contributed by atoms with Crippen LogP contribution in [0, 0.1) is 0 Å². The van der Waals surface area contributed by atoms with Crippen molar-refractivity contribution in [3.05, 3.63) is 24.2 Å². The maximum Gasteiger partial charge on any atom is 0.122 e. The van der Waals surface area contributed by atoms with E-state index >= 15 is 0 Å². The van der Waals surface area contributed by atoms with Gasteiger partial charge in [0.15, 0.2) is 0 Å². The fourth-order valence-electron chi connectivity index (χ4n) is 1.81.